The molecule has 1 heterocycles. The predicted molar refractivity (Wildman–Crippen MR) is 163 cm³/mol. The lowest BCUT2D eigenvalue weighted by Crippen LogP contribution is -2.50. The zero-order valence-corrected chi connectivity index (χ0v) is 23.8. The van der Waals surface area contributed by atoms with Gasteiger partial charge in [0, 0.05) is 37.4 Å². The summed E-state index contributed by atoms with van der Waals surface area (Å²) < 4.78 is 0. The van der Waals surface area contributed by atoms with Crippen molar-refractivity contribution < 1.29 is 24.9 Å². The summed E-state index contributed by atoms with van der Waals surface area (Å²) in [6.45, 7) is 0.0415. The maximum atomic E-state index is 14.6. The lowest BCUT2D eigenvalue weighted by atomic mass is 9.91. The fourth-order valence-electron chi connectivity index (χ4n) is 5.65. The van der Waals surface area contributed by atoms with E-state index >= 15 is 0 Å². The first-order chi connectivity index (χ1) is 21.2. The first kappa shape index (κ1) is 30.3. The number of benzene rings is 4. The van der Waals surface area contributed by atoms with Crippen LogP contribution in [0.1, 0.15) is 22.3 Å². The number of nitrogens with zero attached hydrogens (tertiary/aromatic N) is 4. The number of nitro benzene ring substituents is 2. The second-order valence-corrected chi connectivity index (χ2v) is 10.9. The lowest BCUT2D eigenvalue weighted by Gasteiger charge is -2.35. The van der Waals surface area contributed by atoms with Gasteiger partial charge in [0.15, 0.2) is 0 Å². The quantitative estimate of drug-likeness (QED) is 0.196. The van der Waals surface area contributed by atoms with Crippen molar-refractivity contribution >= 4 is 17.4 Å². The molecule has 1 saturated heterocycles. The molecule has 0 bridgehead atoms. The molecule has 4 aromatic carbocycles. The summed E-state index contributed by atoms with van der Waals surface area (Å²) in [5.41, 5.74) is 2.76. The Bertz CT molecular complexity index is 1470. The largest absolute Gasteiger partial charge is 0.388 e. The Labute approximate surface area is 253 Å². The molecule has 0 aromatic heterocycles. The standard InChI is InChI=1S/C33H32N4O7/c38-31-29(19-23-7-3-1-4-8-23)34(21-25-11-15-27(16-12-25)36(41)42)33(40)35(22-26-13-17-28(18-14-26)37(43)44)30(32(31)39)20-24-9-5-2-6-10-24/h1-18,29-32,38-39H,19-22H2/t29-,30-,31+,32+/m1/s1. The maximum Gasteiger partial charge on any atom is 0.321 e. The summed E-state index contributed by atoms with van der Waals surface area (Å²) in [6, 6.07) is 28.3. The lowest BCUT2D eigenvalue weighted by molar-refractivity contribution is -0.385. The molecule has 226 valence electrons. The minimum absolute atomic E-state index is 0.0208. The number of nitro groups is 2. The first-order valence-corrected chi connectivity index (χ1v) is 14.2. The predicted octanol–water partition coefficient (Wildman–Crippen LogP) is 4.89. The molecular weight excluding hydrogens is 564 g/mol. The van der Waals surface area contributed by atoms with E-state index in [1.807, 2.05) is 60.7 Å². The number of aliphatic hydroxyl groups excluding tert-OH is 2. The van der Waals surface area contributed by atoms with Crippen LogP contribution in [0.3, 0.4) is 0 Å². The minimum atomic E-state index is -1.34. The van der Waals surface area contributed by atoms with E-state index in [1.165, 1.54) is 34.1 Å². The highest BCUT2D eigenvalue weighted by molar-refractivity contribution is 5.76. The number of urea groups is 1. The molecule has 4 aromatic rings. The highest BCUT2D eigenvalue weighted by atomic mass is 16.6. The molecule has 1 aliphatic heterocycles. The second kappa shape index (κ2) is 13.4. The van der Waals surface area contributed by atoms with E-state index in [9.17, 15) is 35.2 Å². The maximum absolute atomic E-state index is 14.6. The van der Waals surface area contributed by atoms with E-state index in [4.69, 9.17) is 0 Å². The molecule has 4 atom stereocenters. The number of amides is 2. The third kappa shape index (κ3) is 6.91. The molecule has 0 unspecified atom stereocenters. The summed E-state index contributed by atoms with van der Waals surface area (Å²) >= 11 is 0. The summed E-state index contributed by atoms with van der Waals surface area (Å²) in [5.74, 6) is 0. The highest BCUT2D eigenvalue weighted by Gasteiger charge is 2.46. The smallest absolute Gasteiger partial charge is 0.321 e. The Morgan fingerprint density at radius 3 is 1.20 bits per heavy atom. The average Bonchev–Trinajstić information content (AvgIpc) is 3.09. The molecule has 0 spiro atoms. The molecule has 0 saturated carbocycles. The van der Waals surface area contributed by atoms with E-state index < -0.39 is 40.2 Å². The van der Waals surface area contributed by atoms with Gasteiger partial charge in [0.25, 0.3) is 11.4 Å². The van der Waals surface area contributed by atoms with Gasteiger partial charge in [0.05, 0.1) is 21.9 Å². The van der Waals surface area contributed by atoms with Crippen molar-refractivity contribution in [3.05, 3.63) is 152 Å². The van der Waals surface area contributed by atoms with Crippen molar-refractivity contribution in [2.45, 2.75) is 50.2 Å². The van der Waals surface area contributed by atoms with Gasteiger partial charge in [-0.05, 0) is 35.1 Å². The number of aliphatic hydroxyl groups is 2. The van der Waals surface area contributed by atoms with Gasteiger partial charge in [-0.2, -0.15) is 0 Å². The number of hydrogen-bond donors (Lipinski definition) is 2. The third-order valence-electron chi connectivity index (χ3n) is 8.01. The van der Waals surface area contributed by atoms with Gasteiger partial charge in [0.2, 0.25) is 0 Å². The molecule has 11 nitrogen and oxygen atoms in total. The second-order valence-electron chi connectivity index (χ2n) is 10.9. The van der Waals surface area contributed by atoms with Crippen LogP contribution in [-0.4, -0.2) is 60.2 Å². The molecular formula is C33H32N4O7. The summed E-state index contributed by atoms with van der Waals surface area (Å²) in [6.07, 6.45) is -2.18. The van der Waals surface area contributed by atoms with Crippen LogP contribution in [0, 0.1) is 20.2 Å². The van der Waals surface area contributed by atoms with Crippen LogP contribution in [0.15, 0.2) is 109 Å². The van der Waals surface area contributed by atoms with E-state index in [-0.39, 0.29) is 37.3 Å². The van der Waals surface area contributed by atoms with Crippen molar-refractivity contribution in [1.29, 1.82) is 0 Å². The van der Waals surface area contributed by atoms with Crippen LogP contribution < -0.4 is 0 Å². The fraction of sp³-hybridized carbons (Fsp3) is 0.242. The monoisotopic (exact) mass is 596 g/mol. The van der Waals surface area contributed by atoms with Gasteiger partial charge in [-0.3, -0.25) is 20.2 Å². The molecule has 5 rings (SSSR count). The van der Waals surface area contributed by atoms with Gasteiger partial charge < -0.3 is 20.0 Å². The zero-order valence-electron chi connectivity index (χ0n) is 23.8. The van der Waals surface area contributed by atoms with Gasteiger partial charge in [-0.25, -0.2) is 4.79 Å². The van der Waals surface area contributed by atoms with Gasteiger partial charge in [-0.1, -0.05) is 84.9 Å². The zero-order chi connectivity index (χ0) is 31.2. The van der Waals surface area contributed by atoms with Crippen molar-refractivity contribution in [3.63, 3.8) is 0 Å². The molecule has 44 heavy (non-hydrogen) atoms. The van der Waals surface area contributed by atoms with Crippen molar-refractivity contribution in [2.75, 3.05) is 0 Å². The molecule has 1 fully saturated rings. The van der Waals surface area contributed by atoms with E-state index in [0.29, 0.717) is 11.1 Å². The molecule has 2 N–H and O–H groups in total. The Hall–Kier alpha value is -5.13. The van der Waals surface area contributed by atoms with Crippen LogP contribution in [0.2, 0.25) is 0 Å². The van der Waals surface area contributed by atoms with E-state index in [1.54, 1.807) is 24.3 Å². The summed E-state index contributed by atoms with van der Waals surface area (Å²) in [7, 11) is 0. The van der Waals surface area contributed by atoms with Crippen LogP contribution in [0.25, 0.3) is 0 Å². The topological polar surface area (TPSA) is 150 Å². The summed E-state index contributed by atoms with van der Waals surface area (Å²) in [5, 5.41) is 46.0. The van der Waals surface area contributed by atoms with Crippen LogP contribution in [0.4, 0.5) is 16.2 Å². The number of carbonyl (C=O) groups is 1. The van der Waals surface area contributed by atoms with Crippen molar-refractivity contribution in [2.24, 2.45) is 0 Å². The number of rotatable bonds is 10. The fourth-order valence-corrected chi connectivity index (χ4v) is 5.65. The Kier molecular flexibility index (Phi) is 9.27. The molecule has 11 heteroatoms. The Morgan fingerprint density at radius 1 is 0.545 bits per heavy atom. The molecule has 1 aliphatic rings. The van der Waals surface area contributed by atoms with E-state index in [0.717, 1.165) is 11.1 Å². The van der Waals surface area contributed by atoms with Gasteiger partial charge >= 0.3 is 6.03 Å². The van der Waals surface area contributed by atoms with Crippen LogP contribution in [0.5, 0.6) is 0 Å². The SMILES string of the molecule is O=C1N(Cc2ccc([N+](=O)[O-])cc2)[C@H](Cc2ccccc2)[C@H](O)[C@@H](O)[C@@H](Cc2ccccc2)N1Cc1ccc([N+](=O)[O-])cc1. The van der Waals surface area contributed by atoms with Crippen LogP contribution in [-0.2, 0) is 25.9 Å². The first-order valence-electron chi connectivity index (χ1n) is 14.2. The number of hydrogen-bond acceptors (Lipinski definition) is 7. The third-order valence-corrected chi connectivity index (χ3v) is 8.01. The average molecular weight is 597 g/mol. The molecule has 0 aliphatic carbocycles. The molecule has 0 radical (unpaired) electrons. The van der Waals surface area contributed by atoms with Crippen LogP contribution >= 0.6 is 0 Å². The summed E-state index contributed by atoms with van der Waals surface area (Å²) in [4.78, 5) is 39.1. The van der Waals surface area contributed by atoms with Crippen molar-refractivity contribution in [3.8, 4) is 0 Å². The van der Waals surface area contributed by atoms with Crippen molar-refractivity contribution in [1.82, 2.24) is 9.80 Å². The van der Waals surface area contributed by atoms with E-state index in [2.05, 4.69) is 0 Å². The number of carbonyl (C=O) groups excluding carboxylic acids is 1. The minimum Gasteiger partial charge on any atom is -0.388 e. The molecule has 2 amide bonds. The van der Waals surface area contributed by atoms with Gasteiger partial charge in [0.1, 0.15) is 12.2 Å². The Morgan fingerprint density at radius 2 is 0.886 bits per heavy atom. The van der Waals surface area contributed by atoms with Gasteiger partial charge in [-0.15, -0.1) is 0 Å². The highest BCUT2D eigenvalue weighted by Crippen LogP contribution is 2.30. The number of non-ortho nitro benzene ring substituents is 2. The normalized spacial score (nSPS) is 20.3. The Balaban J connectivity index is 1.57.